The number of ether oxygens (including phenoxy) is 1. The molecule has 1 aliphatic heterocycles. The summed E-state index contributed by atoms with van der Waals surface area (Å²) in [5, 5.41) is 2.83. The molecule has 0 unspecified atom stereocenters. The van der Waals surface area contributed by atoms with E-state index in [-0.39, 0.29) is 23.7 Å². The summed E-state index contributed by atoms with van der Waals surface area (Å²) >= 11 is 0. The lowest BCUT2D eigenvalue weighted by molar-refractivity contribution is -0.118. The first kappa shape index (κ1) is 26.5. The van der Waals surface area contributed by atoms with Crippen molar-refractivity contribution in [2.45, 2.75) is 59.5 Å². The molecule has 1 saturated heterocycles. The molecular weight excluding hydrogens is 443 g/mol. The minimum atomic E-state index is -0.568. The Morgan fingerprint density at radius 2 is 1.94 bits per heavy atom. The molecule has 188 valence electrons. The molecular formula is C29H37FN2O3. The van der Waals surface area contributed by atoms with E-state index in [0.717, 1.165) is 35.1 Å². The zero-order chi connectivity index (χ0) is 25.6. The van der Waals surface area contributed by atoms with Gasteiger partial charge in [0.15, 0.2) is 0 Å². The van der Waals surface area contributed by atoms with Crippen LogP contribution in [0.5, 0.6) is 0 Å². The minimum Gasteiger partial charge on any atom is -0.444 e. The van der Waals surface area contributed by atoms with Crippen molar-refractivity contribution in [2.75, 3.05) is 19.6 Å². The summed E-state index contributed by atoms with van der Waals surface area (Å²) in [6, 6.07) is 13.0. The van der Waals surface area contributed by atoms with Gasteiger partial charge in [0.05, 0.1) is 0 Å². The molecule has 0 aromatic heterocycles. The molecule has 0 aliphatic carbocycles. The van der Waals surface area contributed by atoms with Gasteiger partial charge in [-0.2, -0.15) is 0 Å². The zero-order valence-corrected chi connectivity index (χ0v) is 21.5. The van der Waals surface area contributed by atoms with Gasteiger partial charge in [-0.25, -0.2) is 9.18 Å². The second kappa shape index (κ2) is 11.5. The number of hydrogen-bond donors (Lipinski definition) is 1. The normalized spacial score (nSPS) is 16.7. The van der Waals surface area contributed by atoms with Crippen molar-refractivity contribution >= 4 is 17.6 Å². The van der Waals surface area contributed by atoms with Gasteiger partial charge in [0, 0.05) is 38.0 Å². The number of piperidine rings is 1. The number of halogens is 1. The van der Waals surface area contributed by atoms with Crippen LogP contribution in [0.25, 0.3) is 16.7 Å². The Balaban J connectivity index is 2.00. The summed E-state index contributed by atoms with van der Waals surface area (Å²) in [5.74, 6) is -0.334. The molecule has 1 fully saturated rings. The van der Waals surface area contributed by atoms with E-state index in [4.69, 9.17) is 4.74 Å². The van der Waals surface area contributed by atoms with Crippen molar-refractivity contribution in [3.8, 4) is 11.1 Å². The molecule has 1 heterocycles. The van der Waals surface area contributed by atoms with Crippen LogP contribution in [0.4, 0.5) is 9.18 Å². The van der Waals surface area contributed by atoms with E-state index in [1.165, 1.54) is 13.0 Å². The van der Waals surface area contributed by atoms with Gasteiger partial charge in [-0.15, -0.1) is 0 Å². The Morgan fingerprint density at radius 1 is 1.20 bits per heavy atom. The van der Waals surface area contributed by atoms with Gasteiger partial charge in [0.2, 0.25) is 5.91 Å². The van der Waals surface area contributed by atoms with Crippen molar-refractivity contribution in [3.05, 3.63) is 65.5 Å². The maximum atomic E-state index is 15.3. The van der Waals surface area contributed by atoms with Crippen molar-refractivity contribution < 1.29 is 18.7 Å². The fraction of sp³-hybridized carbons (Fsp3) is 0.448. The maximum absolute atomic E-state index is 15.3. The van der Waals surface area contributed by atoms with Gasteiger partial charge in [-0.05, 0) is 69.7 Å². The van der Waals surface area contributed by atoms with E-state index >= 15 is 4.39 Å². The third-order valence-corrected chi connectivity index (χ3v) is 6.03. The van der Waals surface area contributed by atoms with Crippen LogP contribution in [-0.2, 0) is 9.53 Å². The summed E-state index contributed by atoms with van der Waals surface area (Å²) in [6.07, 6.45) is 4.10. The number of hydrogen-bond acceptors (Lipinski definition) is 3. The highest BCUT2D eigenvalue weighted by atomic mass is 19.1. The number of rotatable bonds is 6. The third kappa shape index (κ3) is 7.41. The van der Waals surface area contributed by atoms with E-state index in [2.05, 4.69) is 11.4 Å². The average molecular weight is 481 g/mol. The second-order valence-electron chi connectivity index (χ2n) is 10.2. The first-order chi connectivity index (χ1) is 16.5. The summed E-state index contributed by atoms with van der Waals surface area (Å²) in [4.78, 5) is 25.9. The molecule has 3 rings (SSSR count). The minimum absolute atomic E-state index is 0.0268. The number of amides is 2. The molecule has 2 aromatic carbocycles. The Kier molecular flexibility index (Phi) is 8.71. The fourth-order valence-corrected chi connectivity index (χ4v) is 4.55. The Hall–Kier alpha value is -3.15. The number of carbonyl (C=O) groups excluding carboxylic acids is 2. The van der Waals surface area contributed by atoms with E-state index in [0.29, 0.717) is 31.6 Å². The van der Waals surface area contributed by atoms with E-state index < -0.39 is 5.60 Å². The van der Waals surface area contributed by atoms with Crippen LogP contribution >= 0.6 is 0 Å². The summed E-state index contributed by atoms with van der Waals surface area (Å²) in [5.41, 5.74) is 3.71. The third-order valence-electron chi connectivity index (χ3n) is 6.03. The highest BCUT2D eigenvalue weighted by Crippen LogP contribution is 2.38. The topological polar surface area (TPSA) is 58.6 Å². The van der Waals surface area contributed by atoms with Crippen LogP contribution in [0.3, 0.4) is 0 Å². The SMILES string of the molecule is CC(=O)NCCC=C(c1cccc(F)c1-c1cccc(C)c1)[C@@H]1CCCN(C(=O)OC(C)(C)C)C1. The number of aryl methyl sites for hydroxylation is 1. The predicted octanol–water partition coefficient (Wildman–Crippen LogP) is 6.36. The predicted molar refractivity (Wildman–Crippen MR) is 138 cm³/mol. The molecule has 2 amide bonds. The molecule has 1 aliphatic rings. The molecule has 2 aromatic rings. The number of benzene rings is 2. The zero-order valence-electron chi connectivity index (χ0n) is 21.5. The standard InChI is InChI=1S/C29H37FN2O3/c1-20-10-6-11-22(18-20)27-25(13-7-15-26(27)30)24(14-8-16-31-21(2)33)23-12-9-17-32(19-23)28(34)35-29(3,4)5/h6-7,10-11,13-15,18,23H,8-9,12,16-17,19H2,1-5H3,(H,31,33)/t23-/m1/s1. The van der Waals surface area contributed by atoms with Crippen LogP contribution in [0, 0.1) is 18.7 Å². The highest BCUT2D eigenvalue weighted by molar-refractivity contribution is 5.83. The fourth-order valence-electron chi connectivity index (χ4n) is 4.55. The molecule has 1 atom stereocenters. The molecule has 6 heteroatoms. The van der Waals surface area contributed by atoms with Gasteiger partial charge >= 0.3 is 6.09 Å². The van der Waals surface area contributed by atoms with Gasteiger partial charge in [0.1, 0.15) is 11.4 Å². The van der Waals surface area contributed by atoms with E-state index in [9.17, 15) is 9.59 Å². The van der Waals surface area contributed by atoms with Crippen LogP contribution in [0.2, 0.25) is 0 Å². The van der Waals surface area contributed by atoms with Gasteiger partial charge in [-0.3, -0.25) is 4.79 Å². The molecule has 0 radical (unpaired) electrons. The van der Waals surface area contributed by atoms with Crippen molar-refractivity contribution in [1.29, 1.82) is 0 Å². The van der Waals surface area contributed by atoms with Crippen LogP contribution in [0.15, 0.2) is 48.5 Å². The first-order valence-corrected chi connectivity index (χ1v) is 12.3. The number of carbonyl (C=O) groups is 2. The van der Waals surface area contributed by atoms with Gasteiger partial charge in [0.25, 0.3) is 0 Å². The Bertz CT molecular complexity index is 1090. The summed E-state index contributed by atoms with van der Waals surface area (Å²) in [6.45, 7) is 10.7. The molecule has 0 spiro atoms. The monoisotopic (exact) mass is 480 g/mol. The van der Waals surface area contributed by atoms with Crippen molar-refractivity contribution in [3.63, 3.8) is 0 Å². The quantitative estimate of drug-likeness (QED) is 0.490. The van der Waals surface area contributed by atoms with E-state index in [1.54, 1.807) is 11.0 Å². The van der Waals surface area contributed by atoms with Crippen molar-refractivity contribution in [1.82, 2.24) is 10.2 Å². The van der Waals surface area contributed by atoms with Crippen LogP contribution in [-0.4, -0.2) is 42.1 Å². The Labute approximate surface area is 208 Å². The molecule has 5 nitrogen and oxygen atoms in total. The Morgan fingerprint density at radius 3 is 2.63 bits per heavy atom. The highest BCUT2D eigenvalue weighted by Gasteiger charge is 2.30. The summed E-state index contributed by atoms with van der Waals surface area (Å²) in [7, 11) is 0. The number of likely N-dealkylation sites (tertiary alicyclic amines) is 1. The maximum Gasteiger partial charge on any atom is 0.410 e. The first-order valence-electron chi connectivity index (χ1n) is 12.3. The lowest BCUT2D eigenvalue weighted by atomic mass is 9.82. The van der Waals surface area contributed by atoms with Crippen LogP contribution < -0.4 is 5.32 Å². The molecule has 35 heavy (non-hydrogen) atoms. The largest absolute Gasteiger partial charge is 0.444 e. The number of nitrogens with one attached hydrogen (secondary N) is 1. The van der Waals surface area contributed by atoms with Gasteiger partial charge in [-0.1, -0.05) is 48.0 Å². The smallest absolute Gasteiger partial charge is 0.410 e. The lowest BCUT2D eigenvalue weighted by Crippen LogP contribution is -2.43. The van der Waals surface area contributed by atoms with Crippen LogP contribution in [0.1, 0.15) is 58.1 Å². The summed E-state index contributed by atoms with van der Waals surface area (Å²) < 4.78 is 20.9. The molecule has 1 N–H and O–H groups in total. The lowest BCUT2D eigenvalue weighted by Gasteiger charge is -2.35. The molecule has 0 saturated carbocycles. The van der Waals surface area contributed by atoms with Gasteiger partial charge < -0.3 is 15.0 Å². The van der Waals surface area contributed by atoms with Crippen molar-refractivity contribution in [2.24, 2.45) is 5.92 Å². The van der Waals surface area contributed by atoms with E-state index in [1.807, 2.05) is 58.0 Å². The molecule has 0 bridgehead atoms. The number of nitrogens with zero attached hydrogens (tertiary/aromatic N) is 1. The average Bonchev–Trinajstić information content (AvgIpc) is 2.78. The second-order valence-corrected chi connectivity index (χ2v) is 10.2.